The largest absolute Gasteiger partial charge is 0.573 e. The highest BCUT2D eigenvalue weighted by Crippen LogP contribution is 2.26. The maximum Gasteiger partial charge on any atom is 0.573 e. The summed E-state index contributed by atoms with van der Waals surface area (Å²) < 4.78 is 40.5. The molecule has 0 heterocycles. The van der Waals surface area contributed by atoms with Gasteiger partial charge in [0, 0.05) is 6.42 Å². The van der Waals surface area contributed by atoms with Crippen LogP contribution in [0.3, 0.4) is 0 Å². The molecule has 1 aromatic carbocycles. The van der Waals surface area contributed by atoms with Gasteiger partial charge in [0.05, 0.1) is 0 Å². The quantitative estimate of drug-likeness (QED) is 0.530. The number of alkyl halides is 3. The van der Waals surface area contributed by atoms with Gasteiger partial charge in [0.15, 0.2) is 0 Å². The molecule has 110 valence electrons. The molecule has 0 aromatic heterocycles. The van der Waals surface area contributed by atoms with Gasteiger partial charge in [-0.1, -0.05) is 12.1 Å². The Kier molecular flexibility index (Phi) is 4.98. The van der Waals surface area contributed by atoms with E-state index in [0.29, 0.717) is 0 Å². The minimum absolute atomic E-state index is 0.110. The number of carboxylic acid groups (broad SMARTS) is 1. The first-order valence-electron chi connectivity index (χ1n) is 5.33. The average Bonchev–Trinajstić information content (AvgIpc) is 2.28. The van der Waals surface area contributed by atoms with E-state index in [1.807, 2.05) is 0 Å². The Morgan fingerprint density at radius 3 is 2.45 bits per heavy atom. The lowest BCUT2D eigenvalue weighted by molar-refractivity contribution is -0.274. The molecular weight excluding hydrogens is 282 g/mol. The molecule has 0 aliphatic rings. The second-order valence-corrected chi connectivity index (χ2v) is 3.94. The SMILES string of the molecule is N[C@@H](Cc1ccc(B(O)O)cc1OC(F)(F)F)C(=O)O. The van der Waals surface area contributed by atoms with Crippen molar-refractivity contribution in [3.05, 3.63) is 23.8 Å². The van der Waals surface area contributed by atoms with Crippen LogP contribution in [0, 0.1) is 0 Å². The van der Waals surface area contributed by atoms with Gasteiger partial charge in [0.2, 0.25) is 0 Å². The zero-order valence-corrected chi connectivity index (χ0v) is 9.96. The summed E-state index contributed by atoms with van der Waals surface area (Å²) in [5.41, 5.74) is 4.91. The van der Waals surface area contributed by atoms with Crippen molar-refractivity contribution in [2.75, 3.05) is 0 Å². The minimum Gasteiger partial charge on any atom is -0.480 e. The van der Waals surface area contributed by atoms with Crippen LogP contribution in [-0.4, -0.2) is 40.6 Å². The first kappa shape index (κ1) is 16.3. The number of aliphatic carboxylic acids is 1. The van der Waals surface area contributed by atoms with Crippen LogP contribution in [0.1, 0.15) is 5.56 Å². The summed E-state index contributed by atoms with van der Waals surface area (Å²) in [5, 5.41) is 26.5. The number of rotatable bonds is 5. The fourth-order valence-electron chi connectivity index (χ4n) is 1.44. The molecule has 0 saturated carbocycles. The number of hydrogen-bond acceptors (Lipinski definition) is 5. The maximum absolute atomic E-state index is 12.3. The van der Waals surface area contributed by atoms with Gasteiger partial charge < -0.3 is 25.6 Å². The van der Waals surface area contributed by atoms with Crippen LogP contribution < -0.4 is 15.9 Å². The number of nitrogens with two attached hydrogens (primary N) is 1. The van der Waals surface area contributed by atoms with Gasteiger partial charge in [-0.2, -0.15) is 0 Å². The lowest BCUT2D eigenvalue weighted by Gasteiger charge is -2.16. The maximum atomic E-state index is 12.3. The van der Waals surface area contributed by atoms with E-state index in [2.05, 4.69) is 4.74 Å². The normalized spacial score (nSPS) is 12.9. The molecule has 1 aromatic rings. The third-order valence-corrected chi connectivity index (χ3v) is 2.37. The van der Waals surface area contributed by atoms with Crippen molar-refractivity contribution in [3.8, 4) is 5.75 Å². The lowest BCUT2D eigenvalue weighted by Crippen LogP contribution is -2.34. The summed E-state index contributed by atoms with van der Waals surface area (Å²) in [6, 6.07) is 1.59. The van der Waals surface area contributed by atoms with E-state index in [1.165, 1.54) is 0 Å². The van der Waals surface area contributed by atoms with Gasteiger partial charge >= 0.3 is 19.5 Å². The summed E-state index contributed by atoms with van der Waals surface area (Å²) in [4.78, 5) is 10.6. The molecule has 0 amide bonds. The first-order chi connectivity index (χ1) is 9.10. The summed E-state index contributed by atoms with van der Waals surface area (Å²) in [6.45, 7) is 0. The van der Waals surface area contributed by atoms with E-state index in [1.54, 1.807) is 0 Å². The van der Waals surface area contributed by atoms with Crippen molar-refractivity contribution in [2.24, 2.45) is 5.73 Å². The molecule has 20 heavy (non-hydrogen) atoms. The van der Waals surface area contributed by atoms with Crippen molar-refractivity contribution in [1.29, 1.82) is 0 Å². The van der Waals surface area contributed by atoms with Crippen molar-refractivity contribution in [2.45, 2.75) is 18.8 Å². The molecule has 0 saturated heterocycles. The van der Waals surface area contributed by atoms with Crippen molar-refractivity contribution in [1.82, 2.24) is 0 Å². The van der Waals surface area contributed by atoms with Crippen LogP contribution in [0.2, 0.25) is 0 Å². The van der Waals surface area contributed by atoms with Gasteiger partial charge in [-0.3, -0.25) is 4.79 Å². The second kappa shape index (κ2) is 6.12. The highest BCUT2D eigenvalue weighted by molar-refractivity contribution is 6.58. The molecular formula is C10H11BF3NO5. The summed E-state index contributed by atoms with van der Waals surface area (Å²) in [6.07, 6.45) is -5.40. The van der Waals surface area contributed by atoms with Crippen LogP contribution in [0.4, 0.5) is 13.2 Å². The topological polar surface area (TPSA) is 113 Å². The molecule has 0 radical (unpaired) electrons. The van der Waals surface area contributed by atoms with Gasteiger partial charge in [-0.25, -0.2) is 0 Å². The highest BCUT2D eigenvalue weighted by atomic mass is 19.4. The van der Waals surface area contributed by atoms with E-state index >= 15 is 0 Å². The Morgan fingerprint density at radius 1 is 1.40 bits per heavy atom. The zero-order valence-electron chi connectivity index (χ0n) is 9.96. The third-order valence-electron chi connectivity index (χ3n) is 2.37. The molecule has 6 nitrogen and oxygen atoms in total. The molecule has 1 atom stereocenters. The van der Waals surface area contributed by atoms with E-state index in [4.69, 9.17) is 20.9 Å². The first-order valence-corrected chi connectivity index (χ1v) is 5.33. The fraction of sp³-hybridized carbons (Fsp3) is 0.300. The molecule has 0 fully saturated rings. The van der Waals surface area contributed by atoms with Crippen molar-refractivity contribution < 1.29 is 37.9 Å². The number of hydrogen-bond donors (Lipinski definition) is 4. The predicted molar refractivity (Wildman–Crippen MR) is 62.3 cm³/mol. The Labute approximate surface area is 111 Å². The Morgan fingerprint density at radius 2 is 2.00 bits per heavy atom. The van der Waals surface area contributed by atoms with Crippen LogP contribution in [0.25, 0.3) is 0 Å². The molecule has 1 rings (SSSR count). The summed E-state index contributed by atoms with van der Waals surface area (Å²) >= 11 is 0. The molecule has 10 heteroatoms. The lowest BCUT2D eigenvalue weighted by atomic mass is 9.79. The van der Waals surface area contributed by atoms with Crippen LogP contribution in [0.5, 0.6) is 5.75 Å². The van der Waals surface area contributed by atoms with Gasteiger partial charge in [0.1, 0.15) is 11.8 Å². The smallest absolute Gasteiger partial charge is 0.480 e. The van der Waals surface area contributed by atoms with Gasteiger partial charge in [-0.15, -0.1) is 13.2 Å². The molecule has 0 spiro atoms. The minimum atomic E-state index is -5.00. The number of ether oxygens (including phenoxy) is 1. The molecule has 0 unspecified atom stereocenters. The van der Waals surface area contributed by atoms with Crippen molar-refractivity contribution in [3.63, 3.8) is 0 Å². The Bertz CT molecular complexity index is 494. The van der Waals surface area contributed by atoms with Gasteiger partial charge in [-0.05, 0) is 17.1 Å². The Balaban J connectivity index is 3.11. The average molecular weight is 293 g/mol. The molecule has 0 aliphatic heterocycles. The predicted octanol–water partition coefficient (Wildman–Crippen LogP) is -0.781. The van der Waals surface area contributed by atoms with E-state index < -0.39 is 37.7 Å². The number of halogens is 3. The number of carboxylic acids is 1. The van der Waals surface area contributed by atoms with Crippen LogP contribution in [-0.2, 0) is 11.2 Å². The van der Waals surface area contributed by atoms with E-state index in [-0.39, 0.29) is 11.0 Å². The third kappa shape index (κ3) is 4.72. The van der Waals surface area contributed by atoms with E-state index in [9.17, 15) is 18.0 Å². The van der Waals surface area contributed by atoms with Crippen LogP contribution >= 0.6 is 0 Å². The number of benzene rings is 1. The molecule has 0 aliphatic carbocycles. The summed E-state index contributed by atoms with van der Waals surface area (Å²) in [5.74, 6) is -2.10. The molecule has 0 bridgehead atoms. The number of carbonyl (C=O) groups is 1. The zero-order chi connectivity index (χ0) is 15.5. The second-order valence-electron chi connectivity index (χ2n) is 3.94. The monoisotopic (exact) mass is 293 g/mol. The summed E-state index contributed by atoms with van der Waals surface area (Å²) in [7, 11) is -1.98. The van der Waals surface area contributed by atoms with Crippen molar-refractivity contribution >= 4 is 18.6 Å². The van der Waals surface area contributed by atoms with Crippen LogP contribution in [0.15, 0.2) is 18.2 Å². The fourth-order valence-corrected chi connectivity index (χ4v) is 1.44. The highest BCUT2D eigenvalue weighted by Gasteiger charge is 2.33. The Hall–Kier alpha value is -1.78. The standard InChI is InChI=1S/C10H11BF3NO5/c12-10(13,14)20-8-4-6(11(18)19)2-1-5(8)3-7(15)9(16)17/h1-2,4,7,18-19H,3,15H2,(H,16,17)/t7-/m0/s1. The van der Waals surface area contributed by atoms with E-state index in [0.717, 1.165) is 18.2 Å². The molecule has 5 N–H and O–H groups in total. The van der Waals surface area contributed by atoms with Gasteiger partial charge in [0.25, 0.3) is 0 Å².